The Kier molecular flexibility index (Phi) is 26.5. The molecule has 8 aliphatic heterocycles. The number of H-pyrrole nitrogens is 1. The molecule has 23 N–H and O–H groups in total. The number of aliphatic carboxylic acids is 1. The molecule has 634 valence electrons. The average molecular weight is 1690 g/mol. The normalized spacial score (nSPS) is 30.8. The summed E-state index contributed by atoms with van der Waals surface area (Å²) >= 11 is 14.5. The zero-order chi connectivity index (χ0) is 85.4. The molecule has 23 atom stereocenters. The van der Waals surface area contributed by atoms with Gasteiger partial charge in [0.2, 0.25) is 53.4 Å². The summed E-state index contributed by atoms with van der Waals surface area (Å²) in [6.45, 7) is 5.64. The zero-order valence-corrected chi connectivity index (χ0v) is 64.7. The van der Waals surface area contributed by atoms with E-state index in [1.54, 1.807) is 27.0 Å². The van der Waals surface area contributed by atoms with Gasteiger partial charge in [-0.3, -0.25) is 33.6 Å². The number of hydrogen-bond donors (Lipinski definition) is 22. The molecule has 3 saturated heterocycles. The first-order valence-electron chi connectivity index (χ1n) is 37.0. The quantitative estimate of drug-likeness (QED) is 0.0419. The number of ether oxygens (including phenoxy) is 8. The summed E-state index contributed by atoms with van der Waals surface area (Å²) in [7, 11) is 1.45. The van der Waals surface area contributed by atoms with Gasteiger partial charge in [0, 0.05) is 47.5 Å². The predicted octanol–water partition coefficient (Wildman–Crippen LogP) is -1.31. The van der Waals surface area contributed by atoms with Crippen LogP contribution < -0.4 is 62.5 Å². The Morgan fingerprint density at radius 2 is 1.36 bits per heavy atom. The van der Waals surface area contributed by atoms with Gasteiger partial charge in [0.15, 0.2) is 36.4 Å². The minimum Gasteiger partial charge on any atom is -0.508 e. The molecular weight excluding hydrogens is 1600 g/mol. The number of carbonyl (C=O) groups excluding carboxylic acids is 8. The van der Waals surface area contributed by atoms with Gasteiger partial charge in [0.05, 0.1) is 53.3 Å². The van der Waals surface area contributed by atoms with Gasteiger partial charge in [0.1, 0.15) is 120 Å². The van der Waals surface area contributed by atoms with Crippen LogP contribution in [0.5, 0.6) is 46.0 Å². The summed E-state index contributed by atoms with van der Waals surface area (Å²) in [5.41, 5.74) is 1.94. The van der Waals surface area contributed by atoms with Crippen molar-refractivity contribution in [1.82, 2.24) is 52.5 Å². The molecule has 0 spiro atoms. The largest absolute Gasteiger partial charge is 0.508 e. The highest BCUT2D eigenvalue weighted by molar-refractivity contribution is 6.32. The van der Waals surface area contributed by atoms with Crippen LogP contribution >= 0.6 is 23.2 Å². The molecule has 11 bridgehead atoms. The van der Waals surface area contributed by atoms with E-state index >= 15 is 24.0 Å². The van der Waals surface area contributed by atoms with Crippen molar-refractivity contribution in [2.75, 3.05) is 13.7 Å². The molecule has 118 heavy (non-hydrogen) atoms. The second-order valence-corrected chi connectivity index (χ2v) is 30.5. The molecule has 3 unspecified atom stereocenters. The lowest BCUT2D eigenvalue weighted by atomic mass is 9.85. The van der Waals surface area contributed by atoms with Crippen LogP contribution in [0.15, 0.2) is 91.4 Å². The number of fused-ring (bicyclic) bond motifs is 15. The van der Waals surface area contributed by atoms with Gasteiger partial charge < -0.3 is 157 Å². The molecule has 9 heterocycles. The highest BCUT2D eigenvalue weighted by Crippen LogP contribution is 2.50. The van der Waals surface area contributed by atoms with Gasteiger partial charge in [-0.2, -0.15) is 0 Å². The highest BCUT2D eigenvalue weighted by Gasteiger charge is 2.53. The molecule has 42 heteroatoms. The summed E-state index contributed by atoms with van der Waals surface area (Å²) in [5.74, 6) is -16.8. The molecule has 0 saturated carbocycles. The van der Waals surface area contributed by atoms with E-state index < -0.39 is 284 Å². The van der Waals surface area contributed by atoms with Crippen molar-refractivity contribution in [3.8, 4) is 57.1 Å². The number of likely N-dealkylation sites (N-methyl/N-ethyl adjacent to an activating group) is 1. The maximum absolute atomic E-state index is 16.4. The Morgan fingerprint density at radius 1 is 0.712 bits per heavy atom. The number of amides is 7. The number of aliphatic hydroxyl groups excluding tert-OH is 8. The summed E-state index contributed by atoms with van der Waals surface area (Å²) in [6, 6.07) is -1.17. The fourth-order valence-electron chi connectivity index (χ4n) is 14.7. The van der Waals surface area contributed by atoms with Crippen molar-refractivity contribution >= 4 is 76.8 Å². The Labute approximate surface area is 679 Å². The van der Waals surface area contributed by atoms with Crippen molar-refractivity contribution in [1.29, 1.82) is 0 Å². The Hall–Kier alpha value is -10.5. The van der Waals surface area contributed by atoms with Crippen molar-refractivity contribution in [3.63, 3.8) is 0 Å². The molecule has 5 aromatic carbocycles. The minimum absolute atomic E-state index is 0.0518. The summed E-state index contributed by atoms with van der Waals surface area (Å²) < 4.78 is 50.3. The topological polar surface area (TPSA) is 621 Å². The summed E-state index contributed by atoms with van der Waals surface area (Å²) in [6.07, 6.45) is -27.2. The number of benzene rings is 5. The molecule has 40 nitrogen and oxygen atoms in total. The third kappa shape index (κ3) is 18.4. The number of aldehydes is 1. The van der Waals surface area contributed by atoms with Crippen molar-refractivity contribution in [2.24, 2.45) is 11.7 Å². The number of hydrogen-bond acceptors (Lipinski definition) is 31. The van der Waals surface area contributed by atoms with Gasteiger partial charge in [-0.1, -0.05) is 55.2 Å². The van der Waals surface area contributed by atoms with Crippen LogP contribution in [-0.2, 0) is 73.4 Å². The summed E-state index contributed by atoms with van der Waals surface area (Å²) in [4.78, 5) is 139. The van der Waals surface area contributed by atoms with Crippen LogP contribution in [0.25, 0.3) is 11.1 Å². The molecule has 0 radical (unpaired) electrons. The molecule has 3 fully saturated rings. The van der Waals surface area contributed by atoms with Gasteiger partial charge in [-0.05, 0) is 110 Å². The van der Waals surface area contributed by atoms with Gasteiger partial charge in [-0.25, -0.2) is 9.78 Å². The first-order chi connectivity index (χ1) is 56.0. The number of imidazole rings is 1. The molecule has 14 rings (SSSR count). The minimum atomic E-state index is -2.43. The van der Waals surface area contributed by atoms with Crippen LogP contribution in [0.1, 0.15) is 111 Å². The van der Waals surface area contributed by atoms with Gasteiger partial charge in [-0.15, -0.1) is 0 Å². The smallest absolute Gasteiger partial charge is 0.330 e. The van der Waals surface area contributed by atoms with Gasteiger partial charge >= 0.3 is 5.97 Å². The lowest BCUT2D eigenvalue weighted by Crippen LogP contribution is -2.65. The Balaban J connectivity index is 1.09. The van der Waals surface area contributed by atoms with Crippen LogP contribution in [0, 0.1) is 5.92 Å². The van der Waals surface area contributed by atoms with E-state index in [0.717, 1.165) is 66.7 Å². The highest BCUT2D eigenvalue weighted by atomic mass is 35.5. The number of phenols is 3. The number of nitrogens with two attached hydrogens (primary N) is 1. The second-order valence-electron chi connectivity index (χ2n) is 29.7. The lowest BCUT2D eigenvalue weighted by Gasteiger charge is -2.46. The molecule has 0 aliphatic carbocycles. The molecular formula is C76H87Cl2N11O29. The third-order valence-corrected chi connectivity index (χ3v) is 21.5. The van der Waals surface area contributed by atoms with Crippen LogP contribution in [0.3, 0.4) is 0 Å². The van der Waals surface area contributed by atoms with E-state index in [0.29, 0.717) is 5.69 Å². The first kappa shape index (κ1) is 86.8. The Bertz CT molecular complexity index is 4800. The number of carbonyl (C=O) groups is 9. The number of aromatic nitrogens is 2. The van der Waals surface area contributed by atoms with Crippen LogP contribution in [-0.4, -0.2) is 248 Å². The van der Waals surface area contributed by atoms with E-state index in [1.165, 1.54) is 32.4 Å². The standard InChI is InChI=1S/C76H87Cl2N11O29/c1-27(2)12-39(80-5)67(103)88-55-57(96)30-7-10-43(37(77)14-30)112-45-16-32-17-46(64(45)117-75-62(101)60(99)65(48(25-91)115-75)118-74-61(100)59(98)58(97)47(24-90)114-74)113-44-11-8-31(15-38(44)78)63(116-50-21-76(4,66(102)28(3)111-50)83-23-33-22-81-26-82-33)56-72(108)87-54(73(109)110)36-18-34(92)19-42(94)51(36)35-13-29(6-9-41(35)93)52(69(105)89-56)86-70(106)53(32)85-68(104)40(20-49(79)95)84-71(55)107/h6-11,13-19,22,24,26-28,39-40,47-48,50,52-63,65-66,74-75,80,83,91-94,96-102H,12,20-21,23,25H2,1-5H3,(H2,79,95)(H,81,82)(H,84,107)(H,85,104)(H,86,106)(H,87,108)(H,88,103)(H,89,105)(H,109,110)/t28-,39+,40-,47+,48+,50?,52?,53+,54+,55+,56-,57+,58-,59-,60+,61+,62+,63+,65+,66-,74?,75-,76-/m0/s1. The lowest BCUT2D eigenvalue weighted by molar-refractivity contribution is -0.346. The molecule has 6 aromatic rings. The average Bonchev–Trinajstić information content (AvgIpc) is 1.07. The fourth-order valence-corrected chi connectivity index (χ4v) is 15.2. The number of aliphatic hydroxyl groups is 8. The fraction of sp³-hybridized carbons (Fsp3) is 0.447. The van der Waals surface area contributed by atoms with Crippen molar-refractivity contribution in [3.05, 3.63) is 135 Å². The Morgan fingerprint density at radius 3 is 1.98 bits per heavy atom. The van der Waals surface area contributed by atoms with Crippen LogP contribution in [0.4, 0.5) is 0 Å². The number of carboxylic acid groups (broad SMARTS) is 1. The number of rotatable bonds is 19. The van der Waals surface area contributed by atoms with E-state index in [4.69, 9.17) is 66.8 Å². The maximum Gasteiger partial charge on any atom is 0.330 e. The van der Waals surface area contributed by atoms with E-state index in [9.17, 15) is 80.5 Å². The monoisotopic (exact) mass is 1690 g/mol. The van der Waals surface area contributed by atoms with Crippen LogP contribution in [0.2, 0.25) is 10.0 Å². The third-order valence-electron chi connectivity index (χ3n) is 21.0. The van der Waals surface area contributed by atoms with Gasteiger partial charge in [0.25, 0.3) is 0 Å². The number of aromatic hydroxyl groups is 3. The van der Waals surface area contributed by atoms with E-state index in [1.807, 2.05) is 0 Å². The van der Waals surface area contributed by atoms with Crippen molar-refractivity contribution < 1.29 is 142 Å². The molecule has 1 aromatic heterocycles. The predicted molar refractivity (Wildman–Crippen MR) is 402 cm³/mol. The summed E-state index contributed by atoms with van der Waals surface area (Å²) in [5, 5.41) is 157. The zero-order valence-electron chi connectivity index (χ0n) is 63.1. The number of phenolic OH excluding ortho intramolecular Hbond substituents is 3. The number of aromatic amines is 1. The number of primary amides is 1. The number of nitrogens with zero attached hydrogens (tertiary/aromatic N) is 1. The van der Waals surface area contributed by atoms with Crippen molar-refractivity contribution in [2.45, 2.75) is 193 Å². The number of halogens is 2. The SMILES string of the molecule is CN[C@H](CC(C)C)C(=O)N[C@H]1C(=O)N[C@@H](CC(N)=O)C(=O)N[C@H]2C(=O)NC3C(=O)N[C@H](C(=O)N[C@@H](C(=O)O)c4cc(O)cc(O)c4-c4cc3ccc4O)[C@H](OC3C[C@](C)(NCc4c[nH]cn4)[C@@H](O)[C@H](C)O3)c3ccc(c(Cl)c3)Oc3cc2cc(c3O[C@@H]2O[C@H](CO)[C@@H](OC3O[C@H](C=O)[C@H](O)[C@H](O)[C@H]3O)[C@H](O)[C@H]2O)Oc2ccc(cc2Cl)[C@H]1O. The number of nitrogens with one attached hydrogen (secondary N) is 9. The first-order valence-corrected chi connectivity index (χ1v) is 37.8. The maximum atomic E-state index is 16.4. The van der Waals surface area contributed by atoms with E-state index in [2.05, 4.69) is 52.5 Å². The molecule has 8 aliphatic rings. The molecule has 7 amide bonds. The second kappa shape index (κ2) is 36.0. The number of carboxylic acids is 1. The van der Waals surface area contributed by atoms with E-state index in [-0.39, 0.29) is 42.7 Å².